The van der Waals surface area contributed by atoms with Crippen LogP contribution in [0.3, 0.4) is 0 Å². The number of amides is 3. The minimum absolute atomic E-state index is 0.0441. The van der Waals surface area contributed by atoms with Crippen LogP contribution in [-0.2, 0) is 13.0 Å². The Balaban J connectivity index is 1.94. The van der Waals surface area contributed by atoms with E-state index in [9.17, 15) is 9.59 Å². The fourth-order valence-corrected chi connectivity index (χ4v) is 2.78. The second-order valence-electron chi connectivity index (χ2n) is 5.60. The van der Waals surface area contributed by atoms with Gasteiger partial charge in [0.1, 0.15) is 0 Å². The second-order valence-corrected chi connectivity index (χ2v) is 6.55. The van der Waals surface area contributed by atoms with Gasteiger partial charge in [0.2, 0.25) is 0 Å². The first-order valence-corrected chi connectivity index (χ1v) is 8.75. The lowest BCUT2D eigenvalue weighted by molar-refractivity contribution is 0.0950. The summed E-state index contributed by atoms with van der Waals surface area (Å²) < 4.78 is 0. The largest absolute Gasteiger partial charge is 0.346 e. The van der Waals surface area contributed by atoms with Crippen LogP contribution in [0.25, 0.3) is 0 Å². The first kappa shape index (κ1) is 17.9. The molecule has 0 radical (unpaired) electrons. The Morgan fingerprint density at radius 3 is 2.75 bits per heavy atom. The molecule has 6 nitrogen and oxygen atoms in total. The molecule has 1 aromatic heterocycles. The van der Waals surface area contributed by atoms with Gasteiger partial charge >= 0.3 is 6.03 Å². The average molecular weight is 346 g/mol. The van der Waals surface area contributed by atoms with Crippen LogP contribution in [0.1, 0.15) is 41.8 Å². The third kappa shape index (κ3) is 5.34. The number of nitrogens with zero attached hydrogens (tertiary/aromatic N) is 1. The molecule has 0 aliphatic rings. The maximum atomic E-state index is 12.2. The van der Waals surface area contributed by atoms with Gasteiger partial charge in [-0.3, -0.25) is 4.79 Å². The van der Waals surface area contributed by atoms with Gasteiger partial charge in [0.05, 0.1) is 17.2 Å². The van der Waals surface area contributed by atoms with Crippen LogP contribution in [-0.4, -0.2) is 23.0 Å². The van der Waals surface area contributed by atoms with Crippen LogP contribution < -0.4 is 16.0 Å². The summed E-state index contributed by atoms with van der Waals surface area (Å²) in [6.45, 7) is 6.20. The van der Waals surface area contributed by atoms with Gasteiger partial charge in [-0.15, -0.1) is 11.3 Å². The molecular formula is C17H22N4O2S. The van der Waals surface area contributed by atoms with E-state index >= 15 is 0 Å². The van der Waals surface area contributed by atoms with Gasteiger partial charge in [-0.05, 0) is 38.5 Å². The van der Waals surface area contributed by atoms with Gasteiger partial charge in [-0.2, -0.15) is 0 Å². The monoisotopic (exact) mass is 346 g/mol. The number of aromatic nitrogens is 1. The summed E-state index contributed by atoms with van der Waals surface area (Å²) in [5.74, 6) is -0.200. The number of thiazole rings is 1. The summed E-state index contributed by atoms with van der Waals surface area (Å²) >= 11 is 1.59. The van der Waals surface area contributed by atoms with Gasteiger partial charge in [-0.1, -0.05) is 13.0 Å². The van der Waals surface area contributed by atoms with E-state index < -0.39 is 0 Å². The summed E-state index contributed by atoms with van der Waals surface area (Å²) in [6, 6.07) is 6.58. The number of hydrogen-bond donors (Lipinski definition) is 3. The molecule has 3 N–H and O–H groups in total. The van der Waals surface area contributed by atoms with Crippen LogP contribution in [0.4, 0.5) is 10.5 Å². The highest BCUT2D eigenvalue weighted by Gasteiger charge is 2.09. The molecule has 1 heterocycles. The number of aryl methyl sites for hydroxylation is 1. The smallest absolute Gasteiger partial charge is 0.319 e. The van der Waals surface area contributed by atoms with E-state index in [-0.39, 0.29) is 18.0 Å². The highest BCUT2D eigenvalue weighted by molar-refractivity contribution is 7.09. The molecule has 1 aromatic carbocycles. The summed E-state index contributed by atoms with van der Waals surface area (Å²) in [5.41, 5.74) is 1.92. The molecule has 2 aromatic rings. The fourth-order valence-electron chi connectivity index (χ4n) is 2.03. The third-order valence-corrected chi connectivity index (χ3v) is 4.18. The lowest BCUT2D eigenvalue weighted by Gasteiger charge is -2.11. The Morgan fingerprint density at radius 2 is 2.08 bits per heavy atom. The van der Waals surface area contributed by atoms with Crippen molar-refractivity contribution in [2.24, 2.45) is 0 Å². The summed E-state index contributed by atoms with van der Waals surface area (Å²) in [7, 11) is 0. The number of benzene rings is 1. The van der Waals surface area contributed by atoms with E-state index in [1.807, 2.05) is 19.2 Å². The van der Waals surface area contributed by atoms with E-state index in [0.29, 0.717) is 17.8 Å². The first-order chi connectivity index (χ1) is 11.5. The van der Waals surface area contributed by atoms with Crippen molar-refractivity contribution in [1.29, 1.82) is 0 Å². The number of urea groups is 1. The first-order valence-electron chi connectivity index (χ1n) is 7.87. The number of anilines is 1. The zero-order valence-electron chi connectivity index (χ0n) is 14.1. The van der Waals surface area contributed by atoms with E-state index in [1.165, 1.54) is 0 Å². The summed E-state index contributed by atoms with van der Waals surface area (Å²) in [6.07, 6.45) is 0.894. The van der Waals surface area contributed by atoms with Gasteiger partial charge in [0, 0.05) is 22.7 Å². The van der Waals surface area contributed by atoms with E-state index in [0.717, 1.165) is 17.1 Å². The SMILES string of the molecule is CCc1nc(CNC(=O)c2cccc(NC(=O)NC(C)C)c2)cs1. The van der Waals surface area contributed by atoms with Gasteiger partial charge < -0.3 is 16.0 Å². The molecule has 0 atom stereocenters. The molecule has 0 aliphatic heterocycles. The summed E-state index contributed by atoms with van der Waals surface area (Å²) in [5, 5.41) is 11.3. The summed E-state index contributed by atoms with van der Waals surface area (Å²) in [4.78, 5) is 28.4. The minimum atomic E-state index is -0.294. The number of rotatable bonds is 6. The normalized spacial score (nSPS) is 10.5. The van der Waals surface area contributed by atoms with Crippen molar-refractivity contribution in [2.45, 2.75) is 39.8 Å². The predicted molar refractivity (Wildman–Crippen MR) is 96.4 cm³/mol. The van der Waals surface area contributed by atoms with Gasteiger partial charge in [0.15, 0.2) is 0 Å². The van der Waals surface area contributed by atoms with Crippen molar-refractivity contribution >= 4 is 29.0 Å². The maximum Gasteiger partial charge on any atom is 0.319 e. The lowest BCUT2D eigenvalue weighted by Crippen LogP contribution is -2.34. The molecular weight excluding hydrogens is 324 g/mol. The number of carbonyl (C=O) groups excluding carboxylic acids is 2. The van der Waals surface area contributed by atoms with Crippen LogP contribution in [0, 0.1) is 0 Å². The molecule has 0 fully saturated rings. The minimum Gasteiger partial charge on any atom is -0.346 e. The topological polar surface area (TPSA) is 83.1 Å². The molecule has 0 saturated carbocycles. The van der Waals surface area contributed by atoms with E-state index in [2.05, 4.69) is 27.9 Å². The highest BCUT2D eigenvalue weighted by atomic mass is 32.1. The molecule has 0 aliphatic carbocycles. The molecule has 24 heavy (non-hydrogen) atoms. The zero-order valence-corrected chi connectivity index (χ0v) is 14.9. The molecule has 0 unspecified atom stereocenters. The zero-order chi connectivity index (χ0) is 17.5. The Kier molecular flexibility index (Phi) is 6.31. The van der Waals surface area contributed by atoms with E-state index in [4.69, 9.17) is 0 Å². The predicted octanol–water partition coefficient (Wildman–Crippen LogP) is 3.17. The van der Waals surface area contributed by atoms with Crippen molar-refractivity contribution in [1.82, 2.24) is 15.6 Å². The number of nitrogens with one attached hydrogen (secondary N) is 3. The average Bonchev–Trinajstić information content (AvgIpc) is 3.00. The van der Waals surface area contributed by atoms with Crippen LogP contribution in [0.15, 0.2) is 29.6 Å². The Labute approximate surface area is 145 Å². The van der Waals surface area contributed by atoms with Crippen molar-refractivity contribution in [3.05, 3.63) is 45.9 Å². The standard InChI is InChI=1S/C17H22N4O2S/c1-4-15-20-14(10-24-15)9-18-16(22)12-6-5-7-13(8-12)21-17(23)19-11(2)3/h5-8,10-11H,4,9H2,1-3H3,(H,18,22)(H2,19,21,23). The molecule has 0 spiro atoms. The molecule has 2 rings (SSSR count). The Hall–Kier alpha value is -2.41. The number of carbonyl (C=O) groups is 2. The molecule has 128 valence electrons. The third-order valence-electron chi connectivity index (χ3n) is 3.13. The van der Waals surface area contributed by atoms with E-state index in [1.54, 1.807) is 35.6 Å². The maximum absolute atomic E-state index is 12.2. The Morgan fingerprint density at radius 1 is 1.29 bits per heavy atom. The quantitative estimate of drug-likeness (QED) is 0.751. The van der Waals surface area contributed by atoms with Crippen molar-refractivity contribution < 1.29 is 9.59 Å². The molecule has 0 bridgehead atoms. The van der Waals surface area contributed by atoms with Crippen molar-refractivity contribution in [2.75, 3.05) is 5.32 Å². The van der Waals surface area contributed by atoms with Gasteiger partial charge in [-0.25, -0.2) is 9.78 Å². The Bertz CT molecular complexity index is 712. The van der Waals surface area contributed by atoms with Crippen molar-refractivity contribution in [3.63, 3.8) is 0 Å². The van der Waals surface area contributed by atoms with Crippen LogP contribution in [0.5, 0.6) is 0 Å². The molecule has 0 saturated heterocycles. The van der Waals surface area contributed by atoms with Crippen LogP contribution >= 0.6 is 11.3 Å². The fraction of sp³-hybridized carbons (Fsp3) is 0.353. The highest BCUT2D eigenvalue weighted by Crippen LogP contribution is 2.12. The van der Waals surface area contributed by atoms with Gasteiger partial charge in [0.25, 0.3) is 5.91 Å². The van der Waals surface area contributed by atoms with Crippen LogP contribution in [0.2, 0.25) is 0 Å². The molecule has 3 amide bonds. The van der Waals surface area contributed by atoms with Crippen molar-refractivity contribution in [3.8, 4) is 0 Å². The lowest BCUT2D eigenvalue weighted by atomic mass is 10.2. The second kappa shape index (κ2) is 8.44. The number of hydrogen-bond acceptors (Lipinski definition) is 4. The molecule has 7 heteroatoms.